The van der Waals surface area contributed by atoms with Crippen molar-refractivity contribution in [3.05, 3.63) is 54.0 Å². The lowest BCUT2D eigenvalue weighted by molar-refractivity contribution is 0.105. The summed E-state index contributed by atoms with van der Waals surface area (Å²) in [5, 5.41) is 6.59. The Morgan fingerprint density at radius 3 is 2.85 bits per heavy atom. The molecule has 0 unspecified atom stereocenters. The van der Waals surface area contributed by atoms with Gasteiger partial charge in [0.2, 0.25) is 0 Å². The standard InChI is InChI=1S/C20H29N3O3/c1-3-21-20(22-11-7-12-24-16-19-10-6-13-26-19)23-15-17-8-5-9-18(14-17)25-4-2/h5-6,8-10,13-14H,3-4,7,11-12,15-16H2,1-2H3,(H2,21,22,23). The fourth-order valence-electron chi connectivity index (χ4n) is 2.36. The zero-order chi connectivity index (χ0) is 18.5. The smallest absolute Gasteiger partial charge is 0.191 e. The summed E-state index contributed by atoms with van der Waals surface area (Å²) in [7, 11) is 0. The maximum atomic E-state index is 5.58. The number of guanidine groups is 1. The van der Waals surface area contributed by atoms with Gasteiger partial charge in [-0.05, 0) is 50.1 Å². The normalized spacial score (nSPS) is 11.4. The van der Waals surface area contributed by atoms with Crippen molar-refractivity contribution in [2.75, 3.05) is 26.3 Å². The van der Waals surface area contributed by atoms with Gasteiger partial charge in [0.15, 0.2) is 5.96 Å². The molecule has 0 fully saturated rings. The zero-order valence-electron chi connectivity index (χ0n) is 15.7. The van der Waals surface area contributed by atoms with Gasteiger partial charge in [-0.25, -0.2) is 4.99 Å². The summed E-state index contributed by atoms with van der Waals surface area (Å²) in [6.45, 7) is 8.10. The minimum absolute atomic E-state index is 0.511. The van der Waals surface area contributed by atoms with E-state index < -0.39 is 0 Å². The van der Waals surface area contributed by atoms with E-state index in [4.69, 9.17) is 13.9 Å². The predicted octanol–water partition coefficient (Wildman–Crippen LogP) is 3.34. The van der Waals surface area contributed by atoms with Crippen LogP contribution in [0.1, 0.15) is 31.6 Å². The third-order valence-corrected chi connectivity index (χ3v) is 3.56. The number of hydrogen-bond donors (Lipinski definition) is 2. The SMILES string of the molecule is CCNC(=NCc1cccc(OCC)c1)NCCCOCc1ccco1. The predicted molar refractivity (Wildman–Crippen MR) is 103 cm³/mol. The van der Waals surface area contributed by atoms with E-state index in [0.29, 0.717) is 26.4 Å². The van der Waals surface area contributed by atoms with Crippen LogP contribution in [-0.2, 0) is 17.9 Å². The molecule has 142 valence electrons. The summed E-state index contributed by atoms with van der Waals surface area (Å²) in [6.07, 6.45) is 2.55. The molecule has 0 aliphatic rings. The quantitative estimate of drug-likeness (QED) is 0.366. The number of aliphatic imine (C=N–C) groups is 1. The van der Waals surface area contributed by atoms with Crippen LogP contribution in [-0.4, -0.2) is 32.3 Å². The molecule has 0 amide bonds. The molecule has 2 aromatic rings. The van der Waals surface area contributed by atoms with Crippen molar-refractivity contribution in [3.8, 4) is 5.75 Å². The van der Waals surface area contributed by atoms with Crippen LogP contribution in [0.15, 0.2) is 52.1 Å². The first kappa shape index (κ1) is 19.8. The molecule has 0 atom stereocenters. The van der Waals surface area contributed by atoms with E-state index in [0.717, 1.165) is 42.5 Å². The van der Waals surface area contributed by atoms with E-state index in [1.807, 2.05) is 37.3 Å². The molecule has 2 rings (SSSR count). The highest BCUT2D eigenvalue weighted by Gasteiger charge is 2.00. The molecule has 1 aromatic carbocycles. The molecule has 1 heterocycles. The van der Waals surface area contributed by atoms with E-state index >= 15 is 0 Å². The Labute approximate surface area is 155 Å². The molecule has 6 heteroatoms. The van der Waals surface area contributed by atoms with Crippen molar-refractivity contribution >= 4 is 5.96 Å². The van der Waals surface area contributed by atoms with E-state index in [1.54, 1.807) is 6.26 Å². The van der Waals surface area contributed by atoms with Crippen LogP contribution < -0.4 is 15.4 Å². The summed E-state index contributed by atoms with van der Waals surface area (Å²) in [4.78, 5) is 4.63. The fraction of sp³-hybridized carbons (Fsp3) is 0.450. The molecule has 1 aromatic heterocycles. The number of benzene rings is 1. The number of ether oxygens (including phenoxy) is 2. The lowest BCUT2D eigenvalue weighted by Crippen LogP contribution is -2.38. The lowest BCUT2D eigenvalue weighted by atomic mass is 10.2. The zero-order valence-corrected chi connectivity index (χ0v) is 15.7. The number of furan rings is 1. The second-order valence-corrected chi connectivity index (χ2v) is 5.69. The first-order valence-corrected chi connectivity index (χ1v) is 9.15. The van der Waals surface area contributed by atoms with Crippen molar-refractivity contribution in [1.82, 2.24) is 10.6 Å². The van der Waals surface area contributed by atoms with Crippen LogP contribution in [0.4, 0.5) is 0 Å². The summed E-state index contributed by atoms with van der Waals surface area (Å²) >= 11 is 0. The minimum Gasteiger partial charge on any atom is -0.494 e. The Balaban J connectivity index is 1.71. The average molecular weight is 359 g/mol. The third-order valence-electron chi connectivity index (χ3n) is 3.56. The fourth-order valence-corrected chi connectivity index (χ4v) is 2.36. The van der Waals surface area contributed by atoms with E-state index in [2.05, 4.69) is 28.6 Å². The van der Waals surface area contributed by atoms with E-state index in [1.165, 1.54) is 0 Å². The van der Waals surface area contributed by atoms with Crippen LogP contribution >= 0.6 is 0 Å². The number of nitrogens with one attached hydrogen (secondary N) is 2. The van der Waals surface area contributed by atoms with Crippen molar-refractivity contribution in [2.24, 2.45) is 4.99 Å². The van der Waals surface area contributed by atoms with Crippen LogP contribution in [0.25, 0.3) is 0 Å². The number of hydrogen-bond acceptors (Lipinski definition) is 4. The summed E-state index contributed by atoms with van der Waals surface area (Å²) in [5.41, 5.74) is 1.12. The molecule has 0 spiro atoms. The molecule has 0 aliphatic carbocycles. The van der Waals surface area contributed by atoms with E-state index in [9.17, 15) is 0 Å². The molecule has 0 aliphatic heterocycles. The number of nitrogens with zero attached hydrogens (tertiary/aromatic N) is 1. The van der Waals surface area contributed by atoms with Gasteiger partial charge in [0.05, 0.1) is 19.4 Å². The van der Waals surface area contributed by atoms with Gasteiger partial charge in [0.1, 0.15) is 18.1 Å². The van der Waals surface area contributed by atoms with E-state index in [-0.39, 0.29) is 0 Å². The van der Waals surface area contributed by atoms with Crippen LogP contribution in [0.2, 0.25) is 0 Å². The lowest BCUT2D eigenvalue weighted by Gasteiger charge is -2.11. The Kier molecular flexibility index (Phi) is 9.14. The van der Waals surface area contributed by atoms with Gasteiger partial charge in [-0.15, -0.1) is 0 Å². The molecule has 0 bridgehead atoms. The van der Waals surface area contributed by atoms with Gasteiger partial charge in [-0.1, -0.05) is 12.1 Å². The molecule has 2 N–H and O–H groups in total. The second-order valence-electron chi connectivity index (χ2n) is 5.69. The maximum absolute atomic E-state index is 5.58. The van der Waals surface area contributed by atoms with Gasteiger partial charge in [-0.2, -0.15) is 0 Å². The highest BCUT2D eigenvalue weighted by atomic mass is 16.5. The molecule has 0 saturated heterocycles. The van der Waals surface area contributed by atoms with Crippen molar-refractivity contribution in [3.63, 3.8) is 0 Å². The van der Waals surface area contributed by atoms with Crippen LogP contribution in [0, 0.1) is 0 Å². The van der Waals surface area contributed by atoms with Crippen molar-refractivity contribution in [2.45, 2.75) is 33.4 Å². The summed E-state index contributed by atoms with van der Waals surface area (Å²) in [5.74, 6) is 2.54. The molecular weight excluding hydrogens is 330 g/mol. The Morgan fingerprint density at radius 2 is 2.08 bits per heavy atom. The molecule has 0 saturated carbocycles. The molecule has 0 radical (unpaired) electrons. The maximum Gasteiger partial charge on any atom is 0.191 e. The van der Waals surface area contributed by atoms with Gasteiger partial charge < -0.3 is 24.5 Å². The van der Waals surface area contributed by atoms with Gasteiger partial charge >= 0.3 is 0 Å². The Hall–Kier alpha value is -2.47. The highest BCUT2D eigenvalue weighted by molar-refractivity contribution is 5.79. The third kappa shape index (κ3) is 7.61. The summed E-state index contributed by atoms with van der Waals surface area (Å²) < 4.78 is 16.3. The monoisotopic (exact) mass is 359 g/mol. The highest BCUT2D eigenvalue weighted by Crippen LogP contribution is 2.13. The van der Waals surface area contributed by atoms with Crippen LogP contribution in [0.5, 0.6) is 5.75 Å². The first-order chi connectivity index (χ1) is 12.8. The molecule has 26 heavy (non-hydrogen) atoms. The Bertz CT molecular complexity index is 642. The second kappa shape index (κ2) is 12.0. The topological polar surface area (TPSA) is 68.0 Å². The van der Waals surface area contributed by atoms with Crippen LogP contribution in [0.3, 0.4) is 0 Å². The first-order valence-electron chi connectivity index (χ1n) is 9.15. The Morgan fingerprint density at radius 1 is 1.15 bits per heavy atom. The average Bonchev–Trinajstić information content (AvgIpc) is 3.16. The van der Waals surface area contributed by atoms with Gasteiger partial charge in [-0.3, -0.25) is 0 Å². The molecular formula is C20H29N3O3. The summed E-state index contributed by atoms with van der Waals surface area (Å²) in [6, 6.07) is 11.8. The van der Waals surface area contributed by atoms with Crippen molar-refractivity contribution in [1.29, 1.82) is 0 Å². The van der Waals surface area contributed by atoms with Gasteiger partial charge in [0, 0.05) is 19.7 Å². The van der Waals surface area contributed by atoms with Gasteiger partial charge in [0.25, 0.3) is 0 Å². The molecule has 6 nitrogen and oxygen atoms in total. The number of rotatable bonds is 11. The minimum atomic E-state index is 0.511. The van der Waals surface area contributed by atoms with Crippen molar-refractivity contribution < 1.29 is 13.9 Å². The largest absolute Gasteiger partial charge is 0.494 e.